The van der Waals surface area contributed by atoms with Crippen molar-refractivity contribution in [2.24, 2.45) is 0 Å². The van der Waals surface area contributed by atoms with E-state index in [1.54, 1.807) is 6.07 Å². The lowest BCUT2D eigenvalue weighted by molar-refractivity contribution is -0.0223. The molecule has 0 aliphatic heterocycles. The number of aliphatic hydroxyl groups excluding tert-OH is 2. The number of nitrogens with one attached hydrogen (secondary N) is 1. The average molecular weight is 358 g/mol. The minimum Gasteiger partial charge on any atom is -0.390 e. The van der Waals surface area contributed by atoms with Crippen LogP contribution in [0.5, 0.6) is 0 Å². The molecular formula is C16H21Cl2N3O2. The summed E-state index contributed by atoms with van der Waals surface area (Å²) in [4.78, 5) is 4.64. The smallest absolute Gasteiger partial charge is 0.204 e. The van der Waals surface area contributed by atoms with Crippen molar-refractivity contribution < 1.29 is 10.2 Å². The minimum absolute atomic E-state index is 0.0527. The van der Waals surface area contributed by atoms with E-state index in [1.807, 2.05) is 19.9 Å². The van der Waals surface area contributed by atoms with E-state index in [4.69, 9.17) is 23.2 Å². The third-order valence-corrected chi connectivity index (χ3v) is 4.99. The summed E-state index contributed by atoms with van der Waals surface area (Å²) in [5.74, 6) is 0.738. The number of anilines is 1. The first-order valence-corrected chi connectivity index (χ1v) is 8.62. The van der Waals surface area contributed by atoms with Crippen molar-refractivity contribution in [3.63, 3.8) is 0 Å². The molecule has 0 amide bonds. The molecule has 1 aromatic carbocycles. The van der Waals surface area contributed by atoms with Crippen LogP contribution in [0.15, 0.2) is 12.1 Å². The maximum Gasteiger partial charge on any atom is 0.204 e. The van der Waals surface area contributed by atoms with E-state index in [9.17, 15) is 10.2 Å². The molecular weight excluding hydrogens is 337 g/mol. The van der Waals surface area contributed by atoms with Gasteiger partial charge in [-0.3, -0.25) is 0 Å². The number of aromatic nitrogens is 2. The van der Waals surface area contributed by atoms with Gasteiger partial charge < -0.3 is 20.1 Å². The maximum absolute atomic E-state index is 10.0. The molecule has 1 aromatic heterocycles. The lowest BCUT2D eigenvalue weighted by Gasteiger charge is -2.32. The molecule has 3 atom stereocenters. The highest BCUT2D eigenvalue weighted by Crippen LogP contribution is 2.37. The summed E-state index contributed by atoms with van der Waals surface area (Å²) in [6, 6.07) is 3.84. The monoisotopic (exact) mass is 357 g/mol. The molecule has 1 aliphatic rings. The van der Waals surface area contributed by atoms with Crippen molar-refractivity contribution in [3.8, 4) is 0 Å². The molecule has 0 spiro atoms. The third-order valence-electron chi connectivity index (χ3n) is 4.27. The Hall–Kier alpha value is -1.01. The van der Waals surface area contributed by atoms with Crippen molar-refractivity contribution >= 4 is 40.2 Å². The van der Waals surface area contributed by atoms with Gasteiger partial charge in [0.2, 0.25) is 5.95 Å². The van der Waals surface area contributed by atoms with Crippen LogP contribution in [0.4, 0.5) is 5.95 Å². The lowest BCUT2D eigenvalue weighted by Crippen LogP contribution is -2.35. The fourth-order valence-corrected chi connectivity index (χ4v) is 3.48. The van der Waals surface area contributed by atoms with Gasteiger partial charge in [0, 0.05) is 12.1 Å². The third kappa shape index (κ3) is 3.29. The number of imidazole rings is 1. The highest BCUT2D eigenvalue weighted by molar-refractivity contribution is 6.42. The molecule has 1 fully saturated rings. The van der Waals surface area contributed by atoms with E-state index in [2.05, 4.69) is 14.9 Å². The summed E-state index contributed by atoms with van der Waals surface area (Å²) in [5.41, 5.74) is 1.65. The zero-order valence-electron chi connectivity index (χ0n) is 13.1. The molecule has 3 N–H and O–H groups in total. The average Bonchev–Trinajstić information content (AvgIpc) is 2.79. The molecule has 5 nitrogen and oxygen atoms in total. The van der Waals surface area contributed by atoms with Gasteiger partial charge in [-0.2, -0.15) is 0 Å². The predicted octanol–water partition coefficient (Wildman–Crippen LogP) is 3.61. The number of benzene rings is 1. The molecule has 1 saturated carbocycles. The van der Waals surface area contributed by atoms with E-state index >= 15 is 0 Å². The summed E-state index contributed by atoms with van der Waals surface area (Å²) < 4.78 is 2.08. The van der Waals surface area contributed by atoms with Gasteiger partial charge in [-0.1, -0.05) is 23.2 Å². The Morgan fingerprint density at radius 3 is 2.52 bits per heavy atom. The van der Waals surface area contributed by atoms with Crippen LogP contribution in [-0.4, -0.2) is 38.0 Å². The quantitative estimate of drug-likeness (QED) is 0.784. The molecule has 0 saturated heterocycles. The summed E-state index contributed by atoms with van der Waals surface area (Å²) in [6.45, 7) is 4.09. The molecule has 0 bridgehead atoms. The van der Waals surface area contributed by atoms with Gasteiger partial charge >= 0.3 is 0 Å². The summed E-state index contributed by atoms with van der Waals surface area (Å²) >= 11 is 12.3. The maximum atomic E-state index is 10.0. The van der Waals surface area contributed by atoms with Crippen molar-refractivity contribution in [1.29, 1.82) is 0 Å². The van der Waals surface area contributed by atoms with Gasteiger partial charge in [0.15, 0.2) is 0 Å². The molecule has 3 rings (SSSR count). The van der Waals surface area contributed by atoms with E-state index in [1.165, 1.54) is 0 Å². The van der Waals surface area contributed by atoms with E-state index in [0.29, 0.717) is 22.9 Å². The molecule has 1 heterocycles. The number of hydrogen-bond acceptors (Lipinski definition) is 4. The number of fused-ring (bicyclic) bond motifs is 1. The molecule has 0 radical (unpaired) electrons. The Balaban J connectivity index is 2.10. The molecule has 7 heteroatoms. The zero-order valence-corrected chi connectivity index (χ0v) is 14.6. The second-order valence-corrected chi connectivity index (χ2v) is 7.28. The van der Waals surface area contributed by atoms with Crippen LogP contribution in [0.3, 0.4) is 0 Å². The van der Waals surface area contributed by atoms with Gasteiger partial charge in [0.1, 0.15) is 0 Å². The van der Waals surface area contributed by atoms with Crippen molar-refractivity contribution in [2.45, 2.75) is 57.4 Å². The van der Waals surface area contributed by atoms with E-state index in [0.717, 1.165) is 23.4 Å². The predicted molar refractivity (Wildman–Crippen MR) is 93.4 cm³/mol. The Bertz CT molecular complexity index is 717. The number of aliphatic hydroxyl groups is 2. The van der Waals surface area contributed by atoms with E-state index in [-0.39, 0.29) is 12.1 Å². The Morgan fingerprint density at radius 1 is 1.17 bits per heavy atom. The van der Waals surface area contributed by atoms with Crippen LogP contribution in [0.25, 0.3) is 11.0 Å². The Morgan fingerprint density at radius 2 is 1.87 bits per heavy atom. The summed E-state index contributed by atoms with van der Waals surface area (Å²) in [7, 11) is 0. The zero-order chi connectivity index (χ0) is 16.7. The standard InChI is InChI=1S/C16H21Cl2N3O2/c1-8(2)19-16-20-12-6-10(17)11(18)7-13(12)21(16)9-3-4-14(22)15(23)5-9/h6-9,14-15,22-23H,3-5H2,1-2H3,(H,19,20)/t9-,14-,15+/m1/s1. The lowest BCUT2D eigenvalue weighted by atomic mass is 9.90. The number of rotatable bonds is 3. The van der Waals surface area contributed by atoms with Crippen LogP contribution in [0, 0.1) is 0 Å². The van der Waals surface area contributed by atoms with Crippen LogP contribution >= 0.6 is 23.2 Å². The first kappa shape index (κ1) is 16.8. The van der Waals surface area contributed by atoms with Crippen molar-refractivity contribution in [1.82, 2.24) is 9.55 Å². The second kappa shape index (κ2) is 6.48. The minimum atomic E-state index is -0.721. The Kier molecular flexibility index (Phi) is 4.74. The number of nitrogens with zero attached hydrogens (tertiary/aromatic N) is 2. The van der Waals surface area contributed by atoms with Gasteiger partial charge in [-0.15, -0.1) is 0 Å². The van der Waals surface area contributed by atoms with Crippen molar-refractivity contribution in [2.75, 3.05) is 5.32 Å². The van der Waals surface area contributed by atoms with Gasteiger partial charge in [0.05, 0.1) is 33.3 Å². The highest BCUT2D eigenvalue weighted by Gasteiger charge is 2.31. The fourth-order valence-electron chi connectivity index (χ4n) is 3.16. The van der Waals surface area contributed by atoms with Gasteiger partial charge in [-0.05, 0) is 45.2 Å². The second-order valence-electron chi connectivity index (χ2n) is 6.46. The van der Waals surface area contributed by atoms with Crippen LogP contribution in [0.2, 0.25) is 10.0 Å². The SMILES string of the molecule is CC(C)Nc1nc2cc(Cl)c(Cl)cc2n1[C@@H]1CC[C@@H](O)[C@@H](O)C1. The largest absolute Gasteiger partial charge is 0.390 e. The molecule has 1 aliphatic carbocycles. The van der Waals surface area contributed by atoms with Crippen molar-refractivity contribution in [3.05, 3.63) is 22.2 Å². The first-order chi connectivity index (χ1) is 10.9. The van der Waals surface area contributed by atoms with Crippen LogP contribution < -0.4 is 5.32 Å². The molecule has 23 heavy (non-hydrogen) atoms. The summed E-state index contributed by atoms with van der Waals surface area (Å²) in [6.07, 6.45) is 0.450. The molecule has 2 aromatic rings. The fraction of sp³-hybridized carbons (Fsp3) is 0.562. The van der Waals surface area contributed by atoms with E-state index < -0.39 is 12.2 Å². The summed E-state index contributed by atoms with van der Waals surface area (Å²) in [5, 5.41) is 24.1. The molecule has 126 valence electrons. The topological polar surface area (TPSA) is 70.3 Å². The van der Waals surface area contributed by atoms with Crippen LogP contribution in [-0.2, 0) is 0 Å². The van der Waals surface area contributed by atoms with Crippen LogP contribution in [0.1, 0.15) is 39.2 Å². The normalized spacial score (nSPS) is 25.3. The number of hydrogen-bond donors (Lipinski definition) is 3. The van der Waals surface area contributed by atoms with Gasteiger partial charge in [-0.25, -0.2) is 4.98 Å². The Labute approximate surface area is 145 Å². The highest BCUT2D eigenvalue weighted by atomic mass is 35.5. The first-order valence-electron chi connectivity index (χ1n) is 7.86. The molecule has 0 unspecified atom stereocenters. The number of halogens is 2. The van der Waals surface area contributed by atoms with Gasteiger partial charge in [0.25, 0.3) is 0 Å².